The molecule has 1 atom stereocenters. The highest BCUT2D eigenvalue weighted by atomic mass is 19.4. The van der Waals surface area contributed by atoms with E-state index < -0.39 is 35.3 Å². The van der Waals surface area contributed by atoms with Crippen LogP contribution in [0.15, 0.2) is 35.5 Å². The zero-order valence-corrected chi connectivity index (χ0v) is 16.1. The number of anilines is 1. The van der Waals surface area contributed by atoms with E-state index in [1.165, 1.54) is 12.1 Å². The summed E-state index contributed by atoms with van der Waals surface area (Å²) in [5, 5.41) is 11.4. The molecule has 1 saturated heterocycles. The van der Waals surface area contributed by atoms with Crippen LogP contribution in [0.2, 0.25) is 0 Å². The minimum absolute atomic E-state index is 0.00475. The monoisotopic (exact) mass is 440 g/mol. The fraction of sp³-hybridized carbons (Fsp3) is 0.421. The second-order valence-corrected chi connectivity index (χ2v) is 7.05. The lowest BCUT2D eigenvalue weighted by molar-refractivity contribution is -0.142. The Kier molecular flexibility index (Phi) is 6.68. The molecule has 1 amide bonds. The largest absolute Gasteiger partial charge is 0.478 e. The summed E-state index contributed by atoms with van der Waals surface area (Å²) < 4.78 is 45.4. The number of nitrogens with zero attached hydrogens (tertiary/aromatic N) is 3. The smallest absolute Gasteiger partial charge is 0.434 e. The first kappa shape index (κ1) is 22.4. The molecule has 2 aromatic rings. The number of nitrogens with one attached hydrogen (secondary N) is 1. The van der Waals surface area contributed by atoms with Gasteiger partial charge in [0.2, 0.25) is 5.91 Å². The van der Waals surface area contributed by atoms with E-state index in [1.54, 1.807) is 0 Å². The number of alkyl halides is 3. The van der Waals surface area contributed by atoms with Crippen LogP contribution in [0, 0.1) is 5.92 Å². The van der Waals surface area contributed by atoms with E-state index in [1.807, 2.05) is 0 Å². The number of carbonyl (C=O) groups excluding carboxylic acids is 1. The number of pyridine rings is 1. The maximum Gasteiger partial charge on any atom is 0.434 e. The highest BCUT2D eigenvalue weighted by Gasteiger charge is 2.35. The number of hydrogen-bond donors (Lipinski definition) is 2. The predicted molar refractivity (Wildman–Crippen MR) is 101 cm³/mol. The Hall–Kier alpha value is -3.28. The van der Waals surface area contributed by atoms with Crippen molar-refractivity contribution in [3.63, 3.8) is 0 Å². The Bertz CT molecular complexity index is 1000. The lowest BCUT2D eigenvalue weighted by Gasteiger charge is -2.27. The molecule has 3 rings (SSSR count). The standard InChI is InChI=1S/C19H19F3N4O5/c20-19(21,22)14-10-26(16(27)9-23-14)13(7-11-3-5-31-6-4-11)17(28)25-15-2-1-12(8-24-15)18(29)30/h1-2,8-11,13H,3-7H2,(H,29,30)(H,24,25,28)/t13-/m0/s1. The van der Waals surface area contributed by atoms with Crippen molar-refractivity contribution in [1.29, 1.82) is 0 Å². The third kappa shape index (κ3) is 5.66. The summed E-state index contributed by atoms with van der Waals surface area (Å²) in [5.74, 6) is -1.99. The van der Waals surface area contributed by atoms with E-state index in [0.29, 0.717) is 38.4 Å². The van der Waals surface area contributed by atoms with Gasteiger partial charge in [0.05, 0.1) is 11.8 Å². The van der Waals surface area contributed by atoms with Crippen molar-refractivity contribution in [3.05, 3.63) is 52.3 Å². The van der Waals surface area contributed by atoms with Gasteiger partial charge in [0, 0.05) is 25.6 Å². The molecule has 0 spiro atoms. The van der Waals surface area contributed by atoms with E-state index in [9.17, 15) is 27.6 Å². The fourth-order valence-electron chi connectivity index (χ4n) is 3.26. The van der Waals surface area contributed by atoms with Crippen molar-refractivity contribution in [2.45, 2.75) is 31.5 Å². The molecule has 1 aliphatic heterocycles. The fourth-order valence-corrected chi connectivity index (χ4v) is 3.26. The second-order valence-electron chi connectivity index (χ2n) is 7.05. The first-order valence-corrected chi connectivity index (χ1v) is 9.38. The number of amides is 1. The van der Waals surface area contributed by atoms with Crippen LogP contribution in [0.25, 0.3) is 0 Å². The van der Waals surface area contributed by atoms with Gasteiger partial charge in [0.1, 0.15) is 11.9 Å². The van der Waals surface area contributed by atoms with Crippen LogP contribution in [0.4, 0.5) is 19.0 Å². The van der Waals surface area contributed by atoms with Gasteiger partial charge in [-0.2, -0.15) is 13.2 Å². The van der Waals surface area contributed by atoms with Gasteiger partial charge in [-0.15, -0.1) is 0 Å². The molecule has 3 heterocycles. The van der Waals surface area contributed by atoms with Gasteiger partial charge in [-0.3, -0.25) is 14.2 Å². The van der Waals surface area contributed by atoms with Gasteiger partial charge in [0.15, 0.2) is 5.69 Å². The van der Waals surface area contributed by atoms with Crippen molar-refractivity contribution in [2.75, 3.05) is 18.5 Å². The Morgan fingerprint density at radius 3 is 2.52 bits per heavy atom. The number of ether oxygens (including phenoxy) is 1. The molecule has 9 nitrogen and oxygen atoms in total. The summed E-state index contributed by atoms with van der Waals surface area (Å²) in [4.78, 5) is 43.2. The summed E-state index contributed by atoms with van der Waals surface area (Å²) in [6.07, 6.45) is -1.37. The average molecular weight is 440 g/mol. The number of carboxylic acid groups (broad SMARTS) is 1. The molecule has 0 unspecified atom stereocenters. The zero-order valence-electron chi connectivity index (χ0n) is 16.1. The summed E-state index contributed by atoms with van der Waals surface area (Å²) in [6, 6.07) is 1.22. The van der Waals surface area contributed by atoms with E-state index >= 15 is 0 Å². The maximum atomic E-state index is 13.1. The van der Waals surface area contributed by atoms with Crippen LogP contribution in [-0.4, -0.2) is 44.7 Å². The SMILES string of the molecule is O=C(O)c1ccc(NC(=O)[C@H](CC2CCOCC2)n2cc(C(F)(F)F)ncc2=O)nc1. The Morgan fingerprint density at radius 2 is 1.94 bits per heavy atom. The molecular weight excluding hydrogens is 421 g/mol. The van der Waals surface area contributed by atoms with Crippen molar-refractivity contribution >= 4 is 17.7 Å². The van der Waals surface area contributed by atoms with E-state index in [4.69, 9.17) is 9.84 Å². The molecule has 1 aliphatic rings. The molecule has 31 heavy (non-hydrogen) atoms. The van der Waals surface area contributed by atoms with E-state index in [2.05, 4.69) is 15.3 Å². The van der Waals surface area contributed by atoms with Gasteiger partial charge in [0.25, 0.3) is 5.56 Å². The Morgan fingerprint density at radius 1 is 1.23 bits per heavy atom. The van der Waals surface area contributed by atoms with Gasteiger partial charge < -0.3 is 15.2 Å². The average Bonchev–Trinajstić information content (AvgIpc) is 2.73. The van der Waals surface area contributed by atoms with Crippen molar-refractivity contribution in [3.8, 4) is 0 Å². The molecule has 2 aromatic heterocycles. The molecule has 12 heteroatoms. The third-order valence-electron chi connectivity index (χ3n) is 4.92. The van der Waals surface area contributed by atoms with E-state index in [0.717, 1.165) is 10.8 Å². The van der Waals surface area contributed by atoms with Crippen LogP contribution in [-0.2, 0) is 15.7 Å². The molecule has 0 aromatic carbocycles. The number of hydrogen-bond acceptors (Lipinski definition) is 6. The number of aromatic carboxylic acids is 1. The zero-order chi connectivity index (χ0) is 22.6. The topological polar surface area (TPSA) is 123 Å². The highest BCUT2D eigenvalue weighted by Crippen LogP contribution is 2.29. The Labute approximate surface area is 173 Å². The summed E-state index contributed by atoms with van der Waals surface area (Å²) in [6.45, 7) is 0.909. The van der Waals surface area contributed by atoms with Crippen molar-refractivity contribution < 1.29 is 32.6 Å². The highest BCUT2D eigenvalue weighted by molar-refractivity contribution is 5.93. The predicted octanol–water partition coefficient (Wildman–Crippen LogP) is 2.35. The molecular formula is C19H19F3N4O5. The third-order valence-corrected chi connectivity index (χ3v) is 4.92. The van der Waals surface area contributed by atoms with Gasteiger partial charge in [-0.05, 0) is 37.3 Å². The van der Waals surface area contributed by atoms with E-state index in [-0.39, 0.29) is 23.7 Å². The number of halogens is 3. The summed E-state index contributed by atoms with van der Waals surface area (Å²) >= 11 is 0. The molecule has 166 valence electrons. The van der Waals surface area contributed by atoms with Gasteiger partial charge in [-0.1, -0.05) is 0 Å². The number of carboxylic acids is 1. The minimum atomic E-state index is -4.79. The first-order chi connectivity index (χ1) is 14.6. The maximum absolute atomic E-state index is 13.1. The minimum Gasteiger partial charge on any atom is -0.478 e. The Balaban J connectivity index is 1.91. The normalized spacial score (nSPS) is 16.0. The lowest BCUT2D eigenvalue weighted by atomic mass is 9.92. The second kappa shape index (κ2) is 9.25. The number of carbonyl (C=O) groups is 2. The number of aromatic nitrogens is 3. The molecule has 0 aliphatic carbocycles. The van der Waals surface area contributed by atoms with Crippen LogP contribution in [0.5, 0.6) is 0 Å². The van der Waals surface area contributed by atoms with Crippen molar-refractivity contribution in [1.82, 2.24) is 14.5 Å². The van der Waals surface area contributed by atoms with Crippen LogP contribution < -0.4 is 10.9 Å². The first-order valence-electron chi connectivity index (χ1n) is 9.38. The lowest BCUT2D eigenvalue weighted by Crippen LogP contribution is -2.36. The molecule has 0 saturated carbocycles. The van der Waals surface area contributed by atoms with Crippen LogP contribution >= 0.6 is 0 Å². The van der Waals surface area contributed by atoms with Crippen LogP contribution in [0.3, 0.4) is 0 Å². The van der Waals surface area contributed by atoms with Gasteiger partial charge in [-0.25, -0.2) is 14.8 Å². The molecule has 1 fully saturated rings. The summed E-state index contributed by atoms with van der Waals surface area (Å²) in [7, 11) is 0. The number of rotatable bonds is 6. The van der Waals surface area contributed by atoms with Crippen LogP contribution in [0.1, 0.15) is 41.4 Å². The summed E-state index contributed by atoms with van der Waals surface area (Å²) in [5.41, 5.74) is -2.24. The molecule has 0 bridgehead atoms. The van der Waals surface area contributed by atoms with Crippen molar-refractivity contribution in [2.24, 2.45) is 5.92 Å². The molecule has 0 radical (unpaired) electrons. The van der Waals surface area contributed by atoms with Gasteiger partial charge >= 0.3 is 12.1 Å². The quantitative estimate of drug-likeness (QED) is 0.707. The molecule has 2 N–H and O–H groups in total.